The Morgan fingerprint density at radius 1 is 0.385 bits per heavy atom. The van der Waals surface area contributed by atoms with E-state index in [1.165, 1.54) is 123 Å². The Kier molecular flexibility index (Phi) is 21.4. The Labute approximate surface area is 252 Å². The molecule has 0 aliphatic heterocycles. The monoisotopic (exact) mass is 649 g/mol. The summed E-state index contributed by atoms with van der Waals surface area (Å²) in [6.45, 7) is 6.25. The summed E-state index contributed by atoms with van der Waals surface area (Å²) in [7, 11) is 0. The molecule has 0 spiro atoms. The van der Waals surface area contributed by atoms with Gasteiger partial charge >= 0.3 is 188 Å². The van der Waals surface area contributed by atoms with Crippen LogP contribution in [0.4, 0.5) is 0 Å². The molecule has 0 N–H and O–H groups in total. The van der Waals surface area contributed by atoms with Crippen molar-refractivity contribution in [3.63, 3.8) is 0 Å². The molecule has 0 atom stereocenters. The van der Waals surface area contributed by atoms with Crippen LogP contribution >= 0.6 is 0 Å². The summed E-state index contributed by atoms with van der Waals surface area (Å²) in [5, 5.41) is 0. The molecule has 2 aromatic carbocycles. The van der Waals surface area contributed by atoms with Crippen molar-refractivity contribution in [2.24, 2.45) is 0 Å². The first-order chi connectivity index (χ1) is 19.3. The molecule has 3 heteroatoms. The average molecular weight is 650 g/mol. The second-order valence-corrected chi connectivity index (χ2v) is 14.1. The Bertz CT molecular complexity index is 719. The molecule has 2 aromatic rings. The summed E-state index contributed by atoms with van der Waals surface area (Å²) in [6, 6.07) is 17.6. The summed E-state index contributed by atoms with van der Waals surface area (Å²) < 4.78 is 14.8. The van der Waals surface area contributed by atoms with Crippen LogP contribution in [0.3, 0.4) is 0 Å². The Morgan fingerprint density at radius 2 is 0.667 bits per heavy atom. The topological polar surface area (TPSA) is 18.5 Å². The van der Waals surface area contributed by atoms with E-state index in [0.29, 0.717) is 0 Å². The third-order valence-corrected chi connectivity index (χ3v) is 10.1. The third kappa shape index (κ3) is 18.7. The molecule has 0 aliphatic carbocycles. The van der Waals surface area contributed by atoms with E-state index in [-0.39, 0.29) is 21.2 Å². The summed E-state index contributed by atoms with van der Waals surface area (Å²) in [5.74, 6) is 2.02. The van der Waals surface area contributed by atoms with Crippen molar-refractivity contribution in [2.45, 2.75) is 142 Å². The van der Waals surface area contributed by atoms with E-state index in [9.17, 15) is 0 Å². The van der Waals surface area contributed by atoms with Crippen molar-refractivity contribution in [2.75, 3.05) is 13.2 Å². The molecule has 2 rings (SSSR count). The number of hydrogen-bond acceptors (Lipinski definition) is 2. The van der Waals surface area contributed by atoms with Gasteiger partial charge in [-0.25, -0.2) is 0 Å². The Morgan fingerprint density at radius 3 is 0.974 bits per heavy atom. The predicted octanol–water partition coefficient (Wildman–Crippen LogP) is 8.41. The molecule has 0 aliphatic rings. The zero-order valence-corrected chi connectivity index (χ0v) is 27.5. The maximum atomic E-state index is 5.99. The fourth-order valence-corrected chi connectivity index (χ4v) is 7.03. The van der Waals surface area contributed by atoms with Crippen molar-refractivity contribution in [1.82, 2.24) is 0 Å². The van der Waals surface area contributed by atoms with E-state index >= 15 is 0 Å². The quantitative estimate of drug-likeness (QED) is 0.0753. The van der Waals surface area contributed by atoms with E-state index in [2.05, 4.69) is 62.4 Å². The van der Waals surface area contributed by atoms with Crippen LogP contribution in [0, 0.1) is 7.14 Å². The standard InChI is InChI=1S/C36H58IO2/c1-3-5-7-9-11-13-15-17-19-21-31-38-35-27-23-33(24-28-35)37-34-25-29-36(30-26-34)39-32-22-20-18-16-14-12-10-8-6-4-2/h23-30H,3-22,31-32H2,1-2H3/q-1. The summed E-state index contributed by atoms with van der Waals surface area (Å²) in [4.78, 5) is 0. The van der Waals surface area contributed by atoms with Gasteiger partial charge < -0.3 is 0 Å². The first-order valence-electron chi connectivity index (χ1n) is 16.4. The van der Waals surface area contributed by atoms with E-state index in [1.807, 2.05) is 0 Å². The van der Waals surface area contributed by atoms with Crippen LogP contribution in [0.25, 0.3) is 0 Å². The van der Waals surface area contributed by atoms with Gasteiger partial charge in [-0.3, -0.25) is 0 Å². The van der Waals surface area contributed by atoms with E-state index in [4.69, 9.17) is 9.47 Å². The molecule has 0 amide bonds. The number of halogens is 1. The fourth-order valence-electron chi connectivity index (χ4n) is 4.87. The van der Waals surface area contributed by atoms with Crippen molar-refractivity contribution in [1.29, 1.82) is 0 Å². The van der Waals surface area contributed by atoms with Gasteiger partial charge in [0.2, 0.25) is 0 Å². The summed E-state index contributed by atoms with van der Waals surface area (Å²) in [6.07, 6.45) is 27.2. The molecule has 0 bridgehead atoms. The molecule has 0 saturated carbocycles. The summed E-state index contributed by atoms with van der Waals surface area (Å²) in [5.41, 5.74) is 0. The van der Waals surface area contributed by atoms with Gasteiger partial charge in [-0.15, -0.1) is 0 Å². The second kappa shape index (κ2) is 24.6. The minimum absolute atomic E-state index is 0.171. The first kappa shape index (κ1) is 34.0. The van der Waals surface area contributed by atoms with E-state index in [0.717, 1.165) is 37.6 Å². The molecule has 0 radical (unpaired) electrons. The SMILES string of the molecule is CCCCCCCCCCCCOc1ccc([I-]c2ccc(OCCCCCCCCCCCC)cc2)cc1. The molecule has 39 heavy (non-hydrogen) atoms. The van der Waals surface area contributed by atoms with Crippen molar-refractivity contribution >= 4 is 0 Å². The maximum absolute atomic E-state index is 5.99. The van der Waals surface area contributed by atoms with Crippen LogP contribution in [-0.4, -0.2) is 13.2 Å². The zero-order chi connectivity index (χ0) is 27.6. The second-order valence-electron chi connectivity index (χ2n) is 11.1. The number of ether oxygens (including phenoxy) is 2. The van der Waals surface area contributed by atoms with Crippen molar-refractivity contribution < 1.29 is 30.7 Å². The molecule has 0 saturated heterocycles. The van der Waals surface area contributed by atoms with E-state index < -0.39 is 0 Å². The average Bonchev–Trinajstić information content (AvgIpc) is 2.96. The van der Waals surface area contributed by atoms with Crippen LogP contribution in [0.15, 0.2) is 48.5 Å². The van der Waals surface area contributed by atoms with Gasteiger partial charge in [-0.1, -0.05) is 65.2 Å². The minimum atomic E-state index is -0.171. The molecule has 2 nitrogen and oxygen atoms in total. The van der Waals surface area contributed by atoms with Gasteiger partial charge in [-0.05, 0) is 0 Å². The van der Waals surface area contributed by atoms with Crippen molar-refractivity contribution in [3.8, 4) is 11.5 Å². The Balaban J connectivity index is 1.48. The van der Waals surface area contributed by atoms with Gasteiger partial charge in [0.1, 0.15) is 0 Å². The number of hydrogen-bond donors (Lipinski definition) is 0. The van der Waals surface area contributed by atoms with Gasteiger partial charge in [0.15, 0.2) is 0 Å². The van der Waals surface area contributed by atoms with Gasteiger partial charge in [0.25, 0.3) is 0 Å². The molecular weight excluding hydrogens is 591 g/mol. The predicted molar refractivity (Wildman–Crippen MR) is 165 cm³/mol. The zero-order valence-electron chi connectivity index (χ0n) is 25.4. The summed E-state index contributed by atoms with van der Waals surface area (Å²) >= 11 is -0.171. The van der Waals surface area contributed by atoms with Crippen LogP contribution < -0.4 is 30.7 Å². The fraction of sp³-hybridized carbons (Fsp3) is 0.667. The van der Waals surface area contributed by atoms with E-state index in [1.54, 1.807) is 0 Å². The molecule has 222 valence electrons. The molecule has 0 fully saturated rings. The number of rotatable bonds is 26. The molecule has 0 heterocycles. The first-order valence-corrected chi connectivity index (χ1v) is 18.6. The molecule has 0 aromatic heterocycles. The molecule has 0 unspecified atom stereocenters. The normalized spacial score (nSPS) is 11.2. The van der Waals surface area contributed by atoms with Gasteiger partial charge in [-0.2, -0.15) is 0 Å². The van der Waals surface area contributed by atoms with Crippen molar-refractivity contribution in [3.05, 3.63) is 55.7 Å². The van der Waals surface area contributed by atoms with Crippen LogP contribution in [0.5, 0.6) is 11.5 Å². The van der Waals surface area contributed by atoms with Crippen LogP contribution in [0.1, 0.15) is 142 Å². The van der Waals surface area contributed by atoms with Crippen LogP contribution in [-0.2, 0) is 0 Å². The Hall–Kier alpha value is -1.23. The third-order valence-electron chi connectivity index (χ3n) is 7.38. The van der Waals surface area contributed by atoms with Crippen LogP contribution in [0.2, 0.25) is 0 Å². The van der Waals surface area contributed by atoms with Gasteiger partial charge in [0.05, 0.1) is 0 Å². The molecular formula is C36H58IO2-. The number of unbranched alkanes of at least 4 members (excludes halogenated alkanes) is 18. The number of benzene rings is 2. The van der Waals surface area contributed by atoms with Gasteiger partial charge in [0, 0.05) is 0 Å².